The van der Waals surface area contributed by atoms with Crippen molar-refractivity contribution < 1.29 is 14.3 Å². The van der Waals surface area contributed by atoms with Crippen molar-refractivity contribution in [1.82, 2.24) is 15.1 Å². The summed E-state index contributed by atoms with van der Waals surface area (Å²) in [7, 11) is 3.52. The fraction of sp³-hybridized carbons (Fsp3) is 0.588. The van der Waals surface area contributed by atoms with Gasteiger partial charge in [-0.25, -0.2) is 9.18 Å². The highest BCUT2D eigenvalue weighted by atomic mass is 19.1. The first-order valence-electron chi connectivity index (χ1n) is 8.04. The van der Waals surface area contributed by atoms with Crippen molar-refractivity contribution in [1.29, 1.82) is 0 Å². The largest absolute Gasteiger partial charge is 0.387 e. The average molecular weight is 323 g/mol. The lowest BCUT2D eigenvalue weighted by atomic mass is 9.99. The van der Waals surface area contributed by atoms with Gasteiger partial charge in [-0.05, 0) is 37.5 Å². The standard InChI is InChI=1S/C17H26FN3O2/c1-12(16(22)13-4-6-14(18)7-5-13)19-15-8-10-21(11-9-15)17(23)20(2)3/h4-7,12,15-16,19,22H,8-11H2,1-3H3. The average Bonchev–Trinajstić information content (AvgIpc) is 2.54. The van der Waals surface area contributed by atoms with E-state index in [-0.39, 0.29) is 23.9 Å². The lowest BCUT2D eigenvalue weighted by molar-refractivity contribution is 0.114. The molecule has 1 fully saturated rings. The van der Waals surface area contributed by atoms with E-state index in [0.29, 0.717) is 18.7 Å². The Morgan fingerprint density at radius 1 is 1.30 bits per heavy atom. The van der Waals surface area contributed by atoms with Gasteiger partial charge in [0, 0.05) is 39.3 Å². The van der Waals surface area contributed by atoms with Crippen molar-refractivity contribution >= 4 is 6.03 Å². The van der Waals surface area contributed by atoms with Gasteiger partial charge >= 0.3 is 6.03 Å². The predicted molar refractivity (Wildman–Crippen MR) is 87.6 cm³/mol. The molecule has 1 saturated heterocycles. The van der Waals surface area contributed by atoms with Gasteiger partial charge in [-0.3, -0.25) is 0 Å². The van der Waals surface area contributed by atoms with Crippen LogP contribution in [0.2, 0.25) is 0 Å². The van der Waals surface area contributed by atoms with Crippen LogP contribution in [-0.2, 0) is 0 Å². The van der Waals surface area contributed by atoms with Gasteiger partial charge in [-0.15, -0.1) is 0 Å². The van der Waals surface area contributed by atoms with E-state index in [1.807, 2.05) is 11.8 Å². The van der Waals surface area contributed by atoms with E-state index in [1.165, 1.54) is 12.1 Å². The highest BCUT2D eigenvalue weighted by Crippen LogP contribution is 2.19. The van der Waals surface area contributed by atoms with Gasteiger partial charge in [0.25, 0.3) is 0 Å². The quantitative estimate of drug-likeness (QED) is 0.891. The molecule has 128 valence electrons. The smallest absolute Gasteiger partial charge is 0.319 e. The number of halogens is 1. The monoisotopic (exact) mass is 323 g/mol. The summed E-state index contributed by atoms with van der Waals surface area (Å²) >= 11 is 0. The van der Waals surface area contributed by atoms with E-state index in [1.54, 1.807) is 31.1 Å². The maximum Gasteiger partial charge on any atom is 0.319 e. The Kier molecular flexibility index (Phi) is 5.96. The number of hydrogen-bond donors (Lipinski definition) is 2. The fourth-order valence-electron chi connectivity index (χ4n) is 2.93. The number of aliphatic hydroxyl groups excluding tert-OH is 1. The molecule has 5 nitrogen and oxygen atoms in total. The Morgan fingerprint density at radius 3 is 2.39 bits per heavy atom. The minimum absolute atomic E-state index is 0.0443. The molecule has 1 heterocycles. The maximum atomic E-state index is 12.9. The number of nitrogens with zero attached hydrogens (tertiary/aromatic N) is 2. The molecule has 23 heavy (non-hydrogen) atoms. The highest BCUT2D eigenvalue weighted by Gasteiger charge is 2.26. The molecule has 1 aromatic rings. The second-order valence-corrected chi connectivity index (χ2v) is 6.39. The van der Waals surface area contributed by atoms with Gasteiger partial charge in [0.15, 0.2) is 0 Å². The number of benzene rings is 1. The van der Waals surface area contributed by atoms with Crippen LogP contribution >= 0.6 is 0 Å². The number of urea groups is 1. The molecule has 1 aliphatic rings. The molecule has 0 aliphatic carbocycles. The first kappa shape index (κ1) is 17.7. The molecule has 2 rings (SSSR count). The number of likely N-dealkylation sites (tertiary alicyclic amines) is 1. The van der Waals surface area contributed by atoms with E-state index in [0.717, 1.165) is 12.8 Å². The summed E-state index contributed by atoms with van der Waals surface area (Å²) in [5.41, 5.74) is 0.701. The zero-order valence-corrected chi connectivity index (χ0v) is 14.0. The number of aliphatic hydroxyl groups is 1. The second-order valence-electron chi connectivity index (χ2n) is 6.39. The molecule has 0 saturated carbocycles. The van der Waals surface area contributed by atoms with Crippen LogP contribution in [0.3, 0.4) is 0 Å². The third-order valence-electron chi connectivity index (χ3n) is 4.33. The molecular formula is C17H26FN3O2. The molecule has 1 aliphatic heterocycles. The van der Waals surface area contributed by atoms with Crippen molar-refractivity contribution in [2.75, 3.05) is 27.2 Å². The molecule has 6 heteroatoms. The Hall–Kier alpha value is -1.66. The molecule has 2 unspecified atom stereocenters. The van der Waals surface area contributed by atoms with Gasteiger partial charge in [0.05, 0.1) is 6.10 Å². The van der Waals surface area contributed by atoms with E-state index in [2.05, 4.69) is 5.32 Å². The van der Waals surface area contributed by atoms with E-state index < -0.39 is 6.10 Å². The van der Waals surface area contributed by atoms with Gasteiger partial charge in [0.1, 0.15) is 5.82 Å². The molecule has 0 radical (unpaired) electrons. The molecule has 2 N–H and O–H groups in total. The van der Waals surface area contributed by atoms with Gasteiger partial charge in [-0.2, -0.15) is 0 Å². The molecule has 2 amide bonds. The third kappa shape index (κ3) is 4.65. The molecule has 0 spiro atoms. The van der Waals surface area contributed by atoms with Crippen molar-refractivity contribution in [3.63, 3.8) is 0 Å². The number of piperidine rings is 1. The van der Waals surface area contributed by atoms with Crippen LogP contribution < -0.4 is 5.32 Å². The van der Waals surface area contributed by atoms with Crippen LogP contribution in [0, 0.1) is 5.82 Å². The zero-order valence-electron chi connectivity index (χ0n) is 14.0. The van der Waals surface area contributed by atoms with Crippen LogP contribution in [-0.4, -0.2) is 60.2 Å². The van der Waals surface area contributed by atoms with E-state index in [4.69, 9.17) is 0 Å². The summed E-state index contributed by atoms with van der Waals surface area (Å²) in [4.78, 5) is 15.3. The summed E-state index contributed by atoms with van der Waals surface area (Å²) < 4.78 is 12.9. The summed E-state index contributed by atoms with van der Waals surface area (Å²) in [5.74, 6) is -0.306. The van der Waals surface area contributed by atoms with Crippen LogP contribution in [0.4, 0.5) is 9.18 Å². The zero-order chi connectivity index (χ0) is 17.0. The first-order valence-corrected chi connectivity index (χ1v) is 8.04. The normalized spacial score (nSPS) is 18.6. The van der Waals surface area contributed by atoms with Crippen LogP contribution in [0.1, 0.15) is 31.4 Å². The SMILES string of the molecule is CC(NC1CCN(C(=O)N(C)C)CC1)C(O)c1ccc(F)cc1. The van der Waals surface area contributed by atoms with Crippen LogP contribution in [0.25, 0.3) is 0 Å². The summed E-state index contributed by atoms with van der Waals surface area (Å²) in [6.45, 7) is 3.35. The lowest BCUT2D eigenvalue weighted by Crippen LogP contribution is -2.50. The third-order valence-corrected chi connectivity index (χ3v) is 4.33. The van der Waals surface area contributed by atoms with Gasteiger partial charge in [-0.1, -0.05) is 12.1 Å². The molecule has 1 aromatic carbocycles. The molecule has 0 aromatic heterocycles. The second kappa shape index (κ2) is 7.75. The lowest BCUT2D eigenvalue weighted by Gasteiger charge is -2.36. The number of carbonyl (C=O) groups excluding carboxylic acids is 1. The summed E-state index contributed by atoms with van der Waals surface area (Å²) in [5, 5.41) is 13.8. The number of carbonyl (C=O) groups is 1. The number of hydrogen-bond acceptors (Lipinski definition) is 3. The van der Waals surface area contributed by atoms with Crippen molar-refractivity contribution in [2.24, 2.45) is 0 Å². The Bertz CT molecular complexity index is 513. The Balaban J connectivity index is 1.83. The topological polar surface area (TPSA) is 55.8 Å². The van der Waals surface area contributed by atoms with Crippen molar-refractivity contribution in [2.45, 2.75) is 38.0 Å². The molecule has 0 bridgehead atoms. The predicted octanol–water partition coefficient (Wildman–Crippen LogP) is 1.98. The van der Waals surface area contributed by atoms with Gasteiger partial charge in [0.2, 0.25) is 0 Å². The van der Waals surface area contributed by atoms with Crippen molar-refractivity contribution in [3.8, 4) is 0 Å². The Labute approximate surface area is 137 Å². The maximum absolute atomic E-state index is 12.9. The minimum atomic E-state index is -0.683. The highest BCUT2D eigenvalue weighted by molar-refractivity contribution is 5.73. The first-order chi connectivity index (χ1) is 10.9. The summed E-state index contributed by atoms with van der Waals surface area (Å²) in [6.07, 6.45) is 1.04. The minimum Gasteiger partial charge on any atom is -0.387 e. The number of rotatable bonds is 4. The van der Waals surface area contributed by atoms with Crippen LogP contribution in [0.5, 0.6) is 0 Å². The van der Waals surface area contributed by atoms with E-state index in [9.17, 15) is 14.3 Å². The number of nitrogens with one attached hydrogen (secondary N) is 1. The fourth-order valence-corrected chi connectivity index (χ4v) is 2.93. The molecular weight excluding hydrogens is 297 g/mol. The number of amides is 2. The summed E-state index contributed by atoms with van der Waals surface area (Å²) in [6, 6.07) is 6.11. The van der Waals surface area contributed by atoms with Crippen molar-refractivity contribution in [3.05, 3.63) is 35.6 Å². The van der Waals surface area contributed by atoms with E-state index >= 15 is 0 Å². The Morgan fingerprint density at radius 2 is 1.87 bits per heavy atom. The molecule has 2 atom stereocenters. The van der Waals surface area contributed by atoms with Gasteiger partial charge < -0.3 is 20.2 Å². The van der Waals surface area contributed by atoms with Crippen LogP contribution in [0.15, 0.2) is 24.3 Å².